The lowest BCUT2D eigenvalue weighted by atomic mass is 9.97. The Kier molecular flexibility index (Phi) is 6.65. The van der Waals surface area contributed by atoms with Crippen molar-refractivity contribution in [1.82, 2.24) is 10.2 Å². The average molecular weight is 481 g/mol. The van der Waals surface area contributed by atoms with Crippen LogP contribution in [0, 0.1) is 15.3 Å². The summed E-state index contributed by atoms with van der Waals surface area (Å²) in [7, 11) is 0. The van der Waals surface area contributed by atoms with Gasteiger partial charge in [0.1, 0.15) is 5.82 Å². The lowest BCUT2D eigenvalue weighted by Crippen LogP contribution is -2.43. The van der Waals surface area contributed by atoms with Crippen LogP contribution in [-0.4, -0.2) is 36.5 Å². The highest BCUT2D eigenvalue weighted by atomic mass is 127. The average Bonchev–Trinajstić information content (AvgIpc) is 2.68. The fourth-order valence-corrected chi connectivity index (χ4v) is 3.69. The first-order valence-corrected chi connectivity index (χ1v) is 9.95. The maximum Gasteiger partial charge on any atom is 0.321 e. The number of urea groups is 1. The van der Waals surface area contributed by atoms with Crippen LogP contribution in [0.25, 0.3) is 0 Å². The molecule has 5 nitrogen and oxygen atoms in total. The van der Waals surface area contributed by atoms with E-state index >= 15 is 0 Å². The number of amides is 3. The Morgan fingerprint density at radius 2 is 1.74 bits per heavy atom. The molecule has 0 spiro atoms. The van der Waals surface area contributed by atoms with Gasteiger partial charge in [-0.2, -0.15) is 0 Å². The van der Waals surface area contributed by atoms with Gasteiger partial charge in [0.25, 0.3) is 5.91 Å². The van der Waals surface area contributed by atoms with E-state index in [4.69, 9.17) is 0 Å². The summed E-state index contributed by atoms with van der Waals surface area (Å²) in [6, 6.07) is 13.0. The molecule has 0 bridgehead atoms. The highest BCUT2D eigenvalue weighted by molar-refractivity contribution is 14.1. The first-order chi connectivity index (χ1) is 13.0. The first kappa shape index (κ1) is 19.6. The molecule has 1 heterocycles. The number of piperidine rings is 1. The van der Waals surface area contributed by atoms with Crippen LogP contribution in [0.2, 0.25) is 0 Å². The molecule has 142 valence electrons. The maximum absolute atomic E-state index is 12.9. The second-order valence-corrected chi connectivity index (χ2v) is 7.72. The van der Waals surface area contributed by atoms with Crippen molar-refractivity contribution in [2.75, 3.05) is 25.0 Å². The number of nitrogens with one attached hydrogen (secondary N) is 2. The number of likely N-dealkylation sites (tertiary alicyclic amines) is 1. The van der Waals surface area contributed by atoms with E-state index in [1.165, 1.54) is 12.1 Å². The van der Waals surface area contributed by atoms with Gasteiger partial charge in [-0.15, -0.1) is 0 Å². The zero-order chi connectivity index (χ0) is 19.2. The van der Waals surface area contributed by atoms with Crippen molar-refractivity contribution in [3.63, 3.8) is 0 Å². The van der Waals surface area contributed by atoms with E-state index in [2.05, 4.69) is 33.2 Å². The van der Waals surface area contributed by atoms with E-state index in [9.17, 15) is 14.0 Å². The Bertz CT molecular complexity index is 805. The minimum Gasteiger partial charge on any atom is -0.352 e. The Morgan fingerprint density at radius 3 is 2.41 bits per heavy atom. The lowest BCUT2D eigenvalue weighted by molar-refractivity contribution is 0.0938. The molecule has 0 atom stereocenters. The monoisotopic (exact) mass is 481 g/mol. The fraction of sp³-hybridized carbons (Fsp3) is 0.300. The smallest absolute Gasteiger partial charge is 0.321 e. The molecule has 1 saturated heterocycles. The quantitative estimate of drug-likeness (QED) is 0.647. The summed E-state index contributed by atoms with van der Waals surface area (Å²) >= 11 is 2.16. The van der Waals surface area contributed by atoms with E-state index in [-0.39, 0.29) is 17.8 Å². The van der Waals surface area contributed by atoms with E-state index in [1.54, 1.807) is 17.0 Å². The number of carbonyl (C=O) groups excluding carboxylic acids is 2. The van der Waals surface area contributed by atoms with Gasteiger partial charge in [-0.3, -0.25) is 4.79 Å². The second-order valence-electron chi connectivity index (χ2n) is 6.56. The van der Waals surface area contributed by atoms with Gasteiger partial charge in [0.2, 0.25) is 0 Å². The van der Waals surface area contributed by atoms with Gasteiger partial charge < -0.3 is 15.5 Å². The topological polar surface area (TPSA) is 61.4 Å². The molecule has 0 radical (unpaired) electrons. The lowest BCUT2D eigenvalue weighted by Gasteiger charge is -2.32. The van der Waals surface area contributed by atoms with Crippen LogP contribution in [0.5, 0.6) is 0 Å². The molecular weight excluding hydrogens is 460 g/mol. The molecule has 2 aromatic rings. The highest BCUT2D eigenvalue weighted by Gasteiger charge is 2.23. The Morgan fingerprint density at radius 1 is 1.07 bits per heavy atom. The number of rotatable bonds is 4. The summed E-state index contributed by atoms with van der Waals surface area (Å²) in [6.45, 7) is 1.88. The van der Waals surface area contributed by atoms with E-state index < -0.39 is 0 Å². The summed E-state index contributed by atoms with van der Waals surface area (Å²) in [4.78, 5) is 26.3. The standard InChI is InChI=1S/C20H21FIN3O2/c21-15-5-7-16(8-6-15)24-20(27)25-11-9-14(10-12-25)13-23-19(26)17-3-1-2-4-18(17)22/h1-8,14H,9-13H2,(H,23,26)(H,24,27). The van der Waals surface area contributed by atoms with Crippen molar-refractivity contribution in [3.8, 4) is 0 Å². The molecule has 3 amide bonds. The normalized spacial score (nSPS) is 14.7. The first-order valence-electron chi connectivity index (χ1n) is 8.87. The third-order valence-corrected chi connectivity index (χ3v) is 5.61. The maximum atomic E-state index is 12.9. The largest absolute Gasteiger partial charge is 0.352 e. The molecule has 0 saturated carbocycles. The summed E-state index contributed by atoms with van der Waals surface area (Å²) in [5.41, 5.74) is 1.27. The molecule has 1 aliphatic rings. The van der Waals surface area contributed by atoms with Crippen LogP contribution in [-0.2, 0) is 0 Å². The van der Waals surface area contributed by atoms with Crippen LogP contribution in [0.1, 0.15) is 23.2 Å². The molecular formula is C20H21FIN3O2. The molecule has 1 fully saturated rings. The number of anilines is 1. The van der Waals surface area contributed by atoms with Crippen molar-refractivity contribution >= 4 is 40.2 Å². The highest BCUT2D eigenvalue weighted by Crippen LogP contribution is 2.18. The third-order valence-electron chi connectivity index (χ3n) is 4.67. The molecule has 2 aromatic carbocycles. The Hall–Kier alpha value is -2.16. The molecule has 1 aliphatic heterocycles. The van der Waals surface area contributed by atoms with E-state index in [0.717, 1.165) is 16.4 Å². The van der Waals surface area contributed by atoms with E-state index in [0.29, 0.717) is 36.8 Å². The fourth-order valence-electron chi connectivity index (χ4n) is 3.05. The van der Waals surface area contributed by atoms with Crippen molar-refractivity contribution in [1.29, 1.82) is 0 Å². The van der Waals surface area contributed by atoms with Crippen LogP contribution < -0.4 is 10.6 Å². The van der Waals surface area contributed by atoms with Gasteiger partial charge in [-0.25, -0.2) is 9.18 Å². The van der Waals surface area contributed by atoms with Gasteiger partial charge >= 0.3 is 6.03 Å². The summed E-state index contributed by atoms with van der Waals surface area (Å²) in [6.07, 6.45) is 1.67. The minimum atomic E-state index is -0.332. The van der Waals surface area contributed by atoms with Crippen molar-refractivity contribution in [2.45, 2.75) is 12.8 Å². The SMILES string of the molecule is O=C(NCC1CCN(C(=O)Nc2ccc(F)cc2)CC1)c1ccccc1I. The molecule has 0 unspecified atom stereocenters. The molecule has 3 rings (SSSR count). The molecule has 2 N–H and O–H groups in total. The number of benzene rings is 2. The van der Waals surface area contributed by atoms with Crippen molar-refractivity contribution in [3.05, 3.63) is 63.5 Å². The molecule has 0 aliphatic carbocycles. The van der Waals surface area contributed by atoms with Crippen molar-refractivity contribution < 1.29 is 14.0 Å². The molecule has 7 heteroatoms. The van der Waals surface area contributed by atoms with Gasteiger partial charge in [0.05, 0.1) is 5.56 Å². The second kappa shape index (κ2) is 9.16. The van der Waals surface area contributed by atoms with Gasteiger partial charge in [-0.1, -0.05) is 12.1 Å². The molecule has 27 heavy (non-hydrogen) atoms. The zero-order valence-electron chi connectivity index (χ0n) is 14.8. The number of hydrogen-bond acceptors (Lipinski definition) is 2. The Balaban J connectivity index is 1.43. The summed E-state index contributed by atoms with van der Waals surface area (Å²) in [5.74, 6) is -0.0391. The number of carbonyl (C=O) groups is 2. The van der Waals surface area contributed by atoms with Crippen LogP contribution in [0.4, 0.5) is 14.9 Å². The van der Waals surface area contributed by atoms with Gasteiger partial charge in [0.15, 0.2) is 0 Å². The number of hydrogen-bond donors (Lipinski definition) is 2. The van der Waals surface area contributed by atoms with Gasteiger partial charge in [0, 0.05) is 28.9 Å². The molecule has 0 aromatic heterocycles. The van der Waals surface area contributed by atoms with Gasteiger partial charge in [-0.05, 0) is 77.7 Å². The van der Waals surface area contributed by atoms with Crippen LogP contribution in [0.15, 0.2) is 48.5 Å². The van der Waals surface area contributed by atoms with E-state index in [1.807, 2.05) is 24.3 Å². The Labute approximate surface area is 171 Å². The third kappa shape index (κ3) is 5.41. The number of halogens is 2. The summed E-state index contributed by atoms with van der Waals surface area (Å²) < 4.78 is 13.9. The van der Waals surface area contributed by atoms with Crippen LogP contribution in [0.3, 0.4) is 0 Å². The summed E-state index contributed by atoms with van der Waals surface area (Å²) in [5, 5.41) is 5.78. The zero-order valence-corrected chi connectivity index (χ0v) is 16.9. The predicted molar refractivity (Wildman–Crippen MR) is 111 cm³/mol. The predicted octanol–water partition coefficient (Wildman–Crippen LogP) is 4.10. The number of nitrogens with zero attached hydrogens (tertiary/aromatic N) is 1. The minimum absolute atomic E-state index is 0.0588. The van der Waals surface area contributed by atoms with Crippen molar-refractivity contribution in [2.24, 2.45) is 5.92 Å². The van der Waals surface area contributed by atoms with Crippen LogP contribution >= 0.6 is 22.6 Å².